The maximum atomic E-state index is 13.5. The molecule has 2 aliphatic heterocycles. The molecule has 3 heterocycles. The number of aromatic nitrogens is 1. The van der Waals surface area contributed by atoms with Gasteiger partial charge in [0.15, 0.2) is 12.0 Å². The number of hydrogen-bond donors (Lipinski definition) is 0. The fourth-order valence-corrected chi connectivity index (χ4v) is 4.79. The standard InChI is InChI=1S/C30H31N5O3.ClH/c1-23(20-35(28-9-5-6-14-32-28)30(36)26-12-10-24(19-31)11-13-26)33-15-17-34(18-16-33)29-22-37-27(21-38-29)25-7-3-2-4-8-25;/h2-3,5-7,9-14,21-23H,4,8,15-18,20H2,1H3;1H. The van der Waals surface area contributed by atoms with Crippen LogP contribution in [0.4, 0.5) is 5.82 Å². The van der Waals surface area contributed by atoms with Crippen molar-refractivity contribution in [3.63, 3.8) is 0 Å². The minimum atomic E-state index is -0.136. The van der Waals surface area contributed by atoms with E-state index in [0.717, 1.165) is 56.2 Å². The van der Waals surface area contributed by atoms with Gasteiger partial charge in [-0.3, -0.25) is 14.6 Å². The average molecular weight is 546 g/mol. The van der Waals surface area contributed by atoms with Gasteiger partial charge in [-0.25, -0.2) is 4.98 Å². The summed E-state index contributed by atoms with van der Waals surface area (Å²) in [5.74, 6) is 1.96. The van der Waals surface area contributed by atoms with E-state index in [0.29, 0.717) is 23.5 Å². The summed E-state index contributed by atoms with van der Waals surface area (Å²) in [6, 6.07) is 14.5. The number of ether oxygens (including phenoxy) is 2. The van der Waals surface area contributed by atoms with E-state index in [9.17, 15) is 4.79 Å². The Morgan fingerprint density at radius 1 is 1.10 bits per heavy atom. The van der Waals surface area contributed by atoms with Gasteiger partial charge in [-0.05, 0) is 61.7 Å². The fraction of sp³-hybridized carbons (Fsp3) is 0.300. The number of carbonyl (C=O) groups excluding carboxylic acids is 1. The van der Waals surface area contributed by atoms with Crippen LogP contribution in [-0.2, 0) is 9.47 Å². The van der Waals surface area contributed by atoms with Crippen LogP contribution in [0, 0.1) is 11.3 Å². The number of pyridine rings is 1. The summed E-state index contributed by atoms with van der Waals surface area (Å²) in [6.45, 7) is 5.87. The molecule has 1 unspecified atom stereocenters. The Hall–Kier alpha value is -4.06. The van der Waals surface area contributed by atoms with Crippen LogP contribution in [-0.4, -0.2) is 59.5 Å². The number of halogens is 1. The Morgan fingerprint density at radius 2 is 1.90 bits per heavy atom. The lowest BCUT2D eigenvalue weighted by Gasteiger charge is -2.40. The smallest absolute Gasteiger partial charge is 0.259 e. The molecule has 1 aromatic carbocycles. The highest BCUT2D eigenvalue weighted by Gasteiger charge is 2.28. The summed E-state index contributed by atoms with van der Waals surface area (Å²) in [7, 11) is 0. The maximum absolute atomic E-state index is 13.5. The van der Waals surface area contributed by atoms with E-state index in [1.807, 2.05) is 18.2 Å². The van der Waals surface area contributed by atoms with Crippen LogP contribution >= 0.6 is 12.4 Å². The van der Waals surface area contributed by atoms with Crippen molar-refractivity contribution < 1.29 is 14.3 Å². The van der Waals surface area contributed by atoms with Gasteiger partial charge >= 0.3 is 0 Å². The van der Waals surface area contributed by atoms with Crippen molar-refractivity contribution in [2.75, 3.05) is 37.6 Å². The highest BCUT2D eigenvalue weighted by atomic mass is 35.5. The number of allylic oxidation sites excluding steroid dienone is 4. The first-order valence-corrected chi connectivity index (χ1v) is 12.9. The predicted octanol–water partition coefficient (Wildman–Crippen LogP) is 4.99. The van der Waals surface area contributed by atoms with Crippen LogP contribution in [0.5, 0.6) is 0 Å². The quantitative estimate of drug-likeness (QED) is 0.484. The molecule has 0 bridgehead atoms. The maximum Gasteiger partial charge on any atom is 0.259 e. The Labute approximate surface area is 235 Å². The number of rotatable bonds is 7. The van der Waals surface area contributed by atoms with Crippen LogP contribution in [0.1, 0.15) is 35.7 Å². The first kappa shape index (κ1) is 28.0. The number of hydrogen-bond acceptors (Lipinski definition) is 7. The van der Waals surface area contributed by atoms with Gasteiger partial charge in [0.05, 0.1) is 11.6 Å². The van der Waals surface area contributed by atoms with Crippen molar-refractivity contribution in [1.29, 1.82) is 5.26 Å². The van der Waals surface area contributed by atoms with Gasteiger partial charge in [0, 0.05) is 50.5 Å². The molecule has 9 heteroatoms. The third-order valence-corrected chi connectivity index (χ3v) is 7.03. The molecule has 3 aliphatic rings. The molecule has 1 amide bonds. The van der Waals surface area contributed by atoms with E-state index in [4.69, 9.17) is 14.7 Å². The zero-order valence-corrected chi connectivity index (χ0v) is 22.7. The van der Waals surface area contributed by atoms with Crippen LogP contribution < -0.4 is 4.90 Å². The Balaban J connectivity index is 0.00000353. The van der Waals surface area contributed by atoms with Crippen molar-refractivity contribution in [2.24, 2.45) is 0 Å². The van der Waals surface area contributed by atoms with E-state index < -0.39 is 0 Å². The van der Waals surface area contributed by atoms with Gasteiger partial charge in [-0.1, -0.05) is 24.3 Å². The molecule has 0 radical (unpaired) electrons. The Morgan fingerprint density at radius 3 is 2.51 bits per heavy atom. The second-order valence-electron chi connectivity index (χ2n) is 9.50. The number of nitriles is 1. The summed E-state index contributed by atoms with van der Waals surface area (Å²) in [6.07, 6.45) is 13.3. The van der Waals surface area contributed by atoms with Crippen LogP contribution in [0.2, 0.25) is 0 Å². The summed E-state index contributed by atoms with van der Waals surface area (Å²) in [4.78, 5) is 24.2. The van der Waals surface area contributed by atoms with Gasteiger partial charge in [-0.15, -0.1) is 12.4 Å². The molecule has 0 spiro atoms. The second-order valence-corrected chi connectivity index (χ2v) is 9.50. The van der Waals surface area contributed by atoms with Crippen LogP contribution in [0.3, 0.4) is 0 Å². The molecule has 1 aromatic heterocycles. The molecule has 1 aliphatic carbocycles. The van der Waals surface area contributed by atoms with Crippen molar-refractivity contribution in [1.82, 2.24) is 14.8 Å². The highest BCUT2D eigenvalue weighted by Crippen LogP contribution is 2.27. The summed E-state index contributed by atoms with van der Waals surface area (Å²) in [5, 5.41) is 9.10. The molecule has 1 atom stereocenters. The first-order chi connectivity index (χ1) is 18.6. The Bertz CT molecular complexity index is 1310. The van der Waals surface area contributed by atoms with Crippen molar-refractivity contribution >= 4 is 24.1 Å². The number of anilines is 1. The highest BCUT2D eigenvalue weighted by molar-refractivity contribution is 6.05. The summed E-state index contributed by atoms with van der Waals surface area (Å²) in [5.41, 5.74) is 2.20. The average Bonchev–Trinajstić information content (AvgIpc) is 3.00. The number of nitrogens with zero attached hydrogens (tertiary/aromatic N) is 5. The van der Waals surface area contributed by atoms with E-state index in [1.165, 1.54) is 0 Å². The van der Waals surface area contributed by atoms with Gasteiger partial charge < -0.3 is 14.4 Å². The SMILES string of the molecule is CC(CN(C(=O)c1ccc(C#N)cc1)c1ccccn1)N1CCN(C2=COC(C3=CC=CCC3)=CO2)CC1.Cl. The summed E-state index contributed by atoms with van der Waals surface area (Å²) >= 11 is 0. The first-order valence-electron chi connectivity index (χ1n) is 12.9. The molecule has 39 heavy (non-hydrogen) atoms. The zero-order chi connectivity index (χ0) is 26.3. The number of carbonyl (C=O) groups is 1. The number of piperazine rings is 1. The number of benzene rings is 1. The minimum Gasteiger partial charge on any atom is -0.456 e. The Kier molecular flexibility index (Phi) is 9.42. The lowest BCUT2D eigenvalue weighted by molar-refractivity contribution is 0.0690. The molecule has 202 valence electrons. The second kappa shape index (κ2) is 13.1. The van der Waals surface area contributed by atoms with E-state index in [1.54, 1.807) is 47.9 Å². The molecule has 1 saturated heterocycles. The van der Waals surface area contributed by atoms with Gasteiger partial charge in [0.1, 0.15) is 12.1 Å². The molecule has 8 nitrogen and oxygen atoms in total. The van der Waals surface area contributed by atoms with Crippen molar-refractivity contribution in [3.05, 3.63) is 108 Å². The molecule has 0 N–H and O–H groups in total. The largest absolute Gasteiger partial charge is 0.456 e. The van der Waals surface area contributed by atoms with Crippen LogP contribution in [0.25, 0.3) is 0 Å². The van der Waals surface area contributed by atoms with Gasteiger partial charge in [0.2, 0.25) is 5.88 Å². The molecular weight excluding hydrogens is 514 g/mol. The van der Waals surface area contributed by atoms with Gasteiger partial charge in [0.25, 0.3) is 5.91 Å². The molecule has 2 aromatic rings. The third kappa shape index (κ3) is 6.69. The van der Waals surface area contributed by atoms with Gasteiger partial charge in [-0.2, -0.15) is 5.26 Å². The molecule has 5 rings (SSSR count). The molecular formula is C30H32ClN5O3. The van der Waals surface area contributed by atoms with Crippen LogP contribution in [0.15, 0.2) is 96.6 Å². The monoisotopic (exact) mass is 545 g/mol. The minimum absolute atomic E-state index is 0. The summed E-state index contributed by atoms with van der Waals surface area (Å²) < 4.78 is 11.8. The van der Waals surface area contributed by atoms with E-state index in [2.05, 4.69) is 46.0 Å². The lowest BCUT2D eigenvalue weighted by Crippen LogP contribution is -2.53. The predicted molar refractivity (Wildman–Crippen MR) is 152 cm³/mol. The van der Waals surface area contributed by atoms with E-state index >= 15 is 0 Å². The fourth-order valence-electron chi connectivity index (χ4n) is 4.79. The van der Waals surface area contributed by atoms with Crippen molar-refractivity contribution in [2.45, 2.75) is 25.8 Å². The lowest BCUT2D eigenvalue weighted by atomic mass is 10.0. The normalized spacial score (nSPS) is 17.7. The molecule has 0 saturated carbocycles. The molecule has 1 fully saturated rings. The zero-order valence-electron chi connectivity index (χ0n) is 21.9. The van der Waals surface area contributed by atoms with Crippen molar-refractivity contribution in [3.8, 4) is 6.07 Å². The topological polar surface area (TPSA) is 81.9 Å². The number of amides is 1. The third-order valence-electron chi connectivity index (χ3n) is 7.03. The van der Waals surface area contributed by atoms with E-state index in [-0.39, 0.29) is 24.4 Å².